The maximum Gasteiger partial charge on any atom is 0.258 e. The van der Waals surface area contributed by atoms with Gasteiger partial charge in [0.2, 0.25) is 5.95 Å². The van der Waals surface area contributed by atoms with Crippen molar-refractivity contribution >= 4 is 23.5 Å². The monoisotopic (exact) mass is 425 g/mol. The van der Waals surface area contributed by atoms with E-state index in [0.29, 0.717) is 11.5 Å². The summed E-state index contributed by atoms with van der Waals surface area (Å²) in [6.07, 6.45) is 2.02. The fraction of sp³-hybridized carbons (Fsp3) is 0.0800. The number of hydrogen-bond acceptors (Lipinski definition) is 4. The molecule has 158 valence electrons. The topological polar surface area (TPSA) is 71.8 Å². The van der Waals surface area contributed by atoms with Crippen molar-refractivity contribution in [2.45, 2.75) is 13.0 Å². The van der Waals surface area contributed by atoms with Crippen LogP contribution in [-0.2, 0) is 0 Å². The van der Waals surface area contributed by atoms with Gasteiger partial charge in [0.1, 0.15) is 11.9 Å². The number of halogens is 1. The molecule has 0 fully saturated rings. The number of nitrogens with one attached hydrogen (secondary N) is 2. The molecule has 1 aliphatic heterocycles. The van der Waals surface area contributed by atoms with E-state index in [-0.39, 0.29) is 23.7 Å². The van der Waals surface area contributed by atoms with Gasteiger partial charge >= 0.3 is 0 Å². The zero-order chi connectivity index (χ0) is 22.1. The number of carbonyl (C=O) groups excluding carboxylic acids is 1. The molecule has 0 spiro atoms. The van der Waals surface area contributed by atoms with Crippen LogP contribution in [0.3, 0.4) is 0 Å². The summed E-state index contributed by atoms with van der Waals surface area (Å²) in [5.74, 6) is 0.0754. The highest BCUT2D eigenvalue weighted by atomic mass is 19.1. The highest BCUT2D eigenvalue weighted by molar-refractivity contribution is 6.03. The lowest BCUT2D eigenvalue weighted by molar-refractivity contribution is 0.102. The highest BCUT2D eigenvalue weighted by Crippen LogP contribution is 2.33. The molecule has 6 nitrogen and oxygen atoms in total. The summed E-state index contributed by atoms with van der Waals surface area (Å²) in [6.45, 7) is 2.03. The minimum absolute atomic E-state index is 0.187. The average molecular weight is 425 g/mol. The molecule has 32 heavy (non-hydrogen) atoms. The van der Waals surface area contributed by atoms with Gasteiger partial charge in [0.05, 0.1) is 0 Å². The molecule has 0 unspecified atom stereocenters. The van der Waals surface area contributed by atoms with Crippen LogP contribution in [0.5, 0.6) is 0 Å². The number of nitrogens with zero attached hydrogens (tertiary/aromatic N) is 3. The lowest BCUT2D eigenvalue weighted by Gasteiger charge is -2.24. The largest absolute Gasteiger partial charge is 0.324 e. The van der Waals surface area contributed by atoms with E-state index in [9.17, 15) is 9.18 Å². The summed E-state index contributed by atoms with van der Waals surface area (Å²) in [7, 11) is 0. The first-order chi connectivity index (χ1) is 15.6. The molecule has 2 heterocycles. The third-order valence-corrected chi connectivity index (χ3v) is 5.30. The molecule has 5 rings (SSSR count). The zero-order valence-corrected chi connectivity index (χ0v) is 17.3. The summed E-state index contributed by atoms with van der Waals surface area (Å²) in [6, 6.07) is 23.0. The Bertz CT molecular complexity index is 1290. The first-order valence-electron chi connectivity index (χ1n) is 10.2. The highest BCUT2D eigenvalue weighted by Gasteiger charge is 2.26. The number of allylic oxidation sites excluding steroid dienone is 1. The van der Waals surface area contributed by atoms with Crippen LogP contribution >= 0.6 is 0 Å². The van der Waals surface area contributed by atoms with Crippen molar-refractivity contribution in [1.82, 2.24) is 14.8 Å². The van der Waals surface area contributed by atoms with Crippen molar-refractivity contribution in [3.05, 3.63) is 113 Å². The zero-order valence-electron chi connectivity index (χ0n) is 17.3. The predicted molar refractivity (Wildman–Crippen MR) is 122 cm³/mol. The normalized spacial score (nSPS) is 14.8. The Kier molecular flexibility index (Phi) is 4.99. The predicted octanol–water partition coefficient (Wildman–Crippen LogP) is 5.03. The molecule has 0 aliphatic carbocycles. The molecular weight excluding hydrogens is 405 g/mol. The number of anilines is 2. The lowest BCUT2D eigenvalue weighted by Crippen LogP contribution is -2.20. The summed E-state index contributed by atoms with van der Waals surface area (Å²) < 4.78 is 15.2. The molecule has 2 N–H and O–H groups in total. The molecule has 4 aromatic rings. The molecule has 1 aromatic heterocycles. The van der Waals surface area contributed by atoms with Gasteiger partial charge in [-0.15, -0.1) is 5.10 Å². The number of amides is 1. The number of hydrogen-bond donors (Lipinski definition) is 2. The van der Waals surface area contributed by atoms with E-state index in [1.54, 1.807) is 41.1 Å². The van der Waals surface area contributed by atoms with Gasteiger partial charge in [-0.3, -0.25) is 10.1 Å². The number of carbonyl (C=O) groups is 1. The first-order valence-corrected chi connectivity index (χ1v) is 10.2. The molecule has 0 saturated heterocycles. The van der Waals surface area contributed by atoms with Crippen LogP contribution in [0, 0.1) is 12.7 Å². The van der Waals surface area contributed by atoms with E-state index in [1.165, 1.54) is 12.1 Å². The molecular formula is C25H20FN5O. The van der Waals surface area contributed by atoms with Crippen molar-refractivity contribution in [2.24, 2.45) is 0 Å². The maximum absolute atomic E-state index is 13.5. The van der Waals surface area contributed by atoms with Crippen molar-refractivity contribution < 1.29 is 9.18 Å². The molecule has 7 heteroatoms. The third kappa shape index (κ3) is 3.88. The molecule has 0 saturated carbocycles. The lowest BCUT2D eigenvalue weighted by atomic mass is 10.0. The quantitative estimate of drug-likeness (QED) is 0.481. The standard InChI is InChI=1S/C25H20FN5O/c1-16-7-9-17(10-8-16)21-15-22(18-11-13-20(26)14-12-18)31-25(27-21)29-24(30-31)28-23(32)19-5-3-2-4-6-19/h2-15,22H,1H3,(H2,27,28,29,30,32)/t22-/m0/s1. The molecule has 0 bridgehead atoms. The number of aryl methyl sites for hydroxylation is 1. The summed E-state index contributed by atoms with van der Waals surface area (Å²) in [5, 5.41) is 10.6. The van der Waals surface area contributed by atoms with E-state index in [1.807, 2.05) is 43.3 Å². The Morgan fingerprint density at radius 1 is 1.00 bits per heavy atom. The Labute approximate surface area is 184 Å². The fourth-order valence-electron chi connectivity index (χ4n) is 3.61. The molecule has 0 radical (unpaired) electrons. The van der Waals surface area contributed by atoms with Crippen LogP contribution in [0.4, 0.5) is 16.3 Å². The van der Waals surface area contributed by atoms with E-state index in [2.05, 4.69) is 20.7 Å². The number of fused-ring (bicyclic) bond motifs is 1. The minimum Gasteiger partial charge on any atom is -0.324 e. The average Bonchev–Trinajstić information content (AvgIpc) is 3.22. The molecule has 3 aromatic carbocycles. The van der Waals surface area contributed by atoms with Gasteiger partial charge in [0, 0.05) is 11.3 Å². The minimum atomic E-state index is -0.321. The van der Waals surface area contributed by atoms with Crippen molar-refractivity contribution in [2.75, 3.05) is 10.6 Å². The molecule has 1 amide bonds. The first kappa shape index (κ1) is 19.7. The maximum atomic E-state index is 13.5. The van der Waals surface area contributed by atoms with Gasteiger partial charge in [0.25, 0.3) is 11.9 Å². The fourth-order valence-corrected chi connectivity index (χ4v) is 3.61. The van der Waals surface area contributed by atoms with Crippen LogP contribution in [0.25, 0.3) is 5.70 Å². The number of aromatic nitrogens is 3. The Morgan fingerprint density at radius 3 is 2.44 bits per heavy atom. The van der Waals surface area contributed by atoms with Crippen molar-refractivity contribution in [3.8, 4) is 0 Å². The van der Waals surface area contributed by atoms with Gasteiger partial charge < -0.3 is 5.32 Å². The second kappa shape index (κ2) is 8.11. The van der Waals surface area contributed by atoms with Gasteiger partial charge in [-0.25, -0.2) is 9.07 Å². The van der Waals surface area contributed by atoms with Crippen LogP contribution in [0.1, 0.15) is 33.1 Å². The Hall–Kier alpha value is -4.26. The summed E-state index contributed by atoms with van der Waals surface area (Å²) in [5.41, 5.74) is 4.38. The van der Waals surface area contributed by atoms with Gasteiger partial charge in [-0.1, -0.05) is 60.2 Å². The van der Waals surface area contributed by atoms with Crippen LogP contribution in [0.2, 0.25) is 0 Å². The molecule has 1 aliphatic rings. The van der Waals surface area contributed by atoms with Gasteiger partial charge in [0.15, 0.2) is 0 Å². The van der Waals surface area contributed by atoms with E-state index >= 15 is 0 Å². The van der Waals surface area contributed by atoms with Crippen LogP contribution in [0.15, 0.2) is 84.9 Å². The van der Waals surface area contributed by atoms with Crippen LogP contribution in [-0.4, -0.2) is 20.7 Å². The Balaban J connectivity index is 1.51. The van der Waals surface area contributed by atoms with Gasteiger partial charge in [-0.05, 0) is 48.4 Å². The second-order valence-electron chi connectivity index (χ2n) is 7.59. The Morgan fingerprint density at radius 2 is 1.72 bits per heavy atom. The van der Waals surface area contributed by atoms with Crippen molar-refractivity contribution in [3.63, 3.8) is 0 Å². The van der Waals surface area contributed by atoms with E-state index in [4.69, 9.17) is 0 Å². The van der Waals surface area contributed by atoms with Crippen LogP contribution < -0.4 is 10.6 Å². The second-order valence-corrected chi connectivity index (χ2v) is 7.59. The summed E-state index contributed by atoms with van der Waals surface area (Å²) in [4.78, 5) is 17.1. The number of rotatable bonds is 4. The SMILES string of the molecule is Cc1ccc(C2=C[C@@H](c3ccc(F)cc3)n3nc(NC(=O)c4ccccc4)nc3N2)cc1. The van der Waals surface area contributed by atoms with E-state index in [0.717, 1.165) is 22.4 Å². The van der Waals surface area contributed by atoms with Crippen molar-refractivity contribution in [1.29, 1.82) is 0 Å². The van der Waals surface area contributed by atoms with E-state index < -0.39 is 0 Å². The smallest absolute Gasteiger partial charge is 0.258 e. The van der Waals surface area contributed by atoms with Gasteiger partial charge in [-0.2, -0.15) is 4.98 Å². The number of benzene rings is 3. The third-order valence-electron chi connectivity index (χ3n) is 5.30. The molecule has 1 atom stereocenters. The summed E-state index contributed by atoms with van der Waals surface area (Å²) >= 11 is 0.